The van der Waals surface area contributed by atoms with E-state index in [1.54, 1.807) is 0 Å². The molecule has 0 saturated carbocycles. The topological polar surface area (TPSA) is 64.1 Å². The quantitative estimate of drug-likeness (QED) is 0.641. The molecule has 13 heavy (non-hydrogen) atoms. The van der Waals surface area contributed by atoms with Crippen LogP contribution in [0.25, 0.3) is 0 Å². The molecule has 0 aromatic carbocycles. The minimum Gasteiger partial charge on any atom is -0.360 e. The summed E-state index contributed by atoms with van der Waals surface area (Å²) in [5, 5.41) is 7.06. The van der Waals surface area contributed by atoms with Gasteiger partial charge in [-0.25, -0.2) is 0 Å². The molecule has 0 aliphatic carbocycles. The molecule has 0 spiro atoms. The fourth-order valence-electron chi connectivity index (χ4n) is 1.11. The summed E-state index contributed by atoms with van der Waals surface area (Å²) in [6, 6.07) is 1.94. The Hall–Kier alpha value is -0.870. The Morgan fingerprint density at radius 2 is 2.38 bits per heavy atom. The Labute approximate surface area is 78.5 Å². The molecule has 74 valence electrons. The van der Waals surface area contributed by atoms with Gasteiger partial charge in [-0.15, -0.1) is 0 Å². The maximum atomic E-state index is 5.37. The standard InChI is InChI=1S/C9H17N3O/c1-8-6-9(13-12-8)7-11-5-3-2-4-10/h6,11H,2-5,7,10H2,1H3. The lowest BCUT2D eigenvalue weighted by Crippen LogP contribution is -2.15. The van der Waals surface area contributed by atoms with Crippen molar-refractivity contribution < 1.29 is 4.52 Å². The highest BCUT2D eigenvalue weighted by molar-refractivity contribution is 5.02. The van der Waals surface area contributed by atoms with Crippen molar-refractivity contribution in [2.75, 3.05) is 13.1 Å². The van der Waals surface area contributed by atoms with Gasteiger partial charge in [-0.3, -0.25) is 0 Å². The number of nitrogens with zero attached hydrogens (tertiary/aromatic N) is 1. The molecule has 0 saturated heterocycles. The summed E-state index contributed by atoms with van der Waals surface area (Å²) in [6.07, 6.45) is 2.19. The molecule has 1 heterocycles. The van der Waals surface area contributed by atoms with Gasteiger partial charge in [0.1, 0.15) is 0 Å². The summed E-state index contributed by atoms with van der Waals surface area (Å²) < 4.78 is 5.03. The monoisotopic (exact) mass is 183 g/mol. The van der Waals surface area contributed by atoms with E-state index >= 15 is 0 Å². The van der Waals surface area contributed by atoms with E-state index in [9.17, 15) is 0 Å². The van der Waals surface area contributed by atoms with Crippen LogP contribution in [0.4, 0.5) is 0 Å². The van der Waals surface area contributed by atoms with Crippen LogP contribution < -0.4 is 11.1 Å². The van der Waals surface area contributed by atoms with E-state index in [-0.39, 0.29) is 0 Å². The normalized spacial score (nSPS) is 10.6. The van der Waals surface area contributed by atoms with Gasteiger partial charge in [-0.05, 0) is 32.9 Å². The Morgan fingerprint density at radius 1 is 1.54 bits per heavy atom. The van der Waals surface area contributed by atoms with Crippen LogP contribution in [0.1, 0.15) is 24.3 Å². The van der Waals surface area contributed by atoms with Gasteiger partial charge < -0.3 is 15.6 Å². The molecule has 3 N–H and O–H groups in total. The Bertz CT molecular complexity index is 235. The van der Waals surface area contributed by atoms with E-state index in [1.807, 2.05) is 13.0 Å². The van der Waals surface area contributed by atoms with Gasteiger partial charge in [0.2, 0.25) is 0 Å². The minimum atomic E-state index is 0.755. The fourth-order valence-corrected chi connectivity index (χ4v) is 1.11. The van der Waals surface area contributed by atoms with E-state index in [2.05, 4.69) is 10.5 Å². The number of nitrogens with one attached hydrogen (secondary N) is 1. The smallest absolute Gasteiger partial charge is 0.150 e. The summed E-state index contributed by atoms with van der Waals surface area (Å²) in [5.41, 5.74) is 6.30. The summed E-state index contributed by atoms with van der Waals surface area (Å²) in [6.45, 7) is 4.42. The highest BCUT2D eigenvalue weighted by atomic mass is 16.5. The first kappa shape index (κ1) is 10.2. The minimum absolute atomic E-state index is 0.755. The van der Waals surface area contributed by atoms with E-state index in [1.165, 1.54) is 0 Å². The van der Waals surface area contributed by atoms with Crippen molar-refractivity contribution in [3.05, 3.63) is 17.5 Å². The summed E-state index contributed by atoms with van der Waals surface area (Å²) >= 11 is 0. The van der Waals surface area contributed by atoms with E-state index in [0.717, 1.165) is 43.9 Å². The third kappa shape index (κ3) is 4.05. The van der Waals surface area contributed by atoms with Crippen LogP contribution in [0.5, 0.6) is 0 Å². The zero-order valence-electron chi connectivity index (χ0n) is 8.05. The Morgan fingerprint density at radius 3 is 3.00 bits per heavy atom. The summed E-state index contributed by atoms with van der Waals surface area (Å²) in [7, 11) is 0. The molecule has 0 radical (unpaired) electrons. The predicted octanol–water partition coefficient (Wildman–Crippen LogP) is 0.812. The third-order valence-corrected chi connectivity index (χ3v) is 1.78. The van der Waals surface area contributed by atoms with Crippen molar-refractivity contribution in [1.82, 2.24) is 10.5 Å². The number of aromatic nitrogens is 1. The molecule has 0 fully saturated rings. The lowest BCUT2D eigenvalue weighted by atomic mass is 10.3. The van der Waals surface area contributed by atoms with Crippen LogP contribution in [0, 0.1) is 6.92 Å². The van der Waals surface area contributed by atoms with Crippen molar-refractivity contribution in [1.29, 1.82) is 0 Å². The van der Waals surface area contributed by atoms with Crippen LogP contribution in [0.2, 0.25) is 0 Å². The molecule has 1 rings (SSSR count). The molecule has 0 aliphatic rings. The second-order valence-corrected chi connectivity index (χ2v) is 3.11. The SMILES string of the molecule is Cc1cc(CNCCCCN)on1. The van der Waals surface area contributed by atoms with Gasteiger partial charge >= 0.3 is 0 Å². The van der Waals surface area contributed by atoms with E-state index < -0.39 is 0 Å². The van der Waals surface area contributed by atoms with E-state index in [4.69, 9.17) is 10.3 Å². The highest BCUT2D eigenvalue weighted by Crippen LogP contribution is 2.00. The Kier molecular flexibility index (Phi) is 4.49. The van der Waals surface area contributed by atoms with Crippen molar-refractivity contribution in [3.63, 3.8) is 0 Å². The van der Waals surface area contributed by atoms with Crippen LogP contribution >= 0.6 is 0 Å². The molecule has 0 atom stereocenters. The fraction of sp³-hybridized carbons (Fsp3) is 0.667. The van der Waals surface area contributed by atoms with Crippen LogP contribution in [-0.4, -0.2) is 18.2 Å². The molecule has 0 bridgehead atoms. The number of rotatable bonds is 6. The molecule has 0 unspecified atom stereocenters. The zero-order valence-corrected chi connectivity index (χ0v) is 8.05. The van der Waals surface area contributed by atoms with Crippen molar-refractivity contribution in [2.24, 2.45) is 5.73 Å². The number of hydrogen-bond donors (Lipinski definition) is 2. The molecular formula is C9H17N3O. The second-order valence-electron chi connectivity index (χ2n) is 3.11. The van der Waals surface area contributed by atoms with E-state index in [0.29, 0.717) is 0 Å². The Balaban J connectivity index is 2.06. The predicted molar refractivity (Wildman–Crippen MR) is 51.2 cm³/mol. The maximum Gasteiger partial charge on any atom is 0.150 e. The van der Waals surface area contributed by atoms with Crippen molar-refractivity contribution in [2.45, 2.75) is 26.3 Å². The maximum absolute atomic E-state index is 5.37. The highest BCUT2D eigenvalue weighted by Gasteiger charge is 1.98. The second kappa shape index (κ2) is 5.72. The average Bonchev–Trinajstić information content (AvgIpc) is 2.51. The average molecular weight is 183 g/mol. The molecule has 1 aromatic rings. The number of nitrogens with two attached hydrogens (primary N) is 1. The largest absolute Gasteiger partial charge is 0.360 e. The third-order valence-electron chi connectivity index (χ3n) is 1.78. The van der Waals surface area contributed by atoms with Gasteiger partial charge in [0.05, 0.1) is 12.2 Å². The van der Waals surface area contributed by atoms with Gasteiger partial charge in [0.25, 0.3) is 0 Å². The first-order valence-corrected chi connectivity index (χ1v) is 4.66. The number of aryl methyl sites for hydroxylation is 1. The molecule has 0 aliphatic heterocycles. The van der Waals surface area contributed by atoms with Crippen LogP contribution in [-0.2, 0) is 6.54 Å². The zero-order chi connectivity index (χ0) is 9.52. The first-order chi connectivity index (χ1) is 6.33. The molecule has 1 aromatic heterocycles. The molecule has 4 nitrogen and oxygen atoms in total. The van der Waals surface area contributed by atoms with Crippen LogP contribution in [0.15, 0.2) is 10.6 Å². The first-order valence-electron chi connectivity index (χ1n) is 4.66. The number of hydrogen-bond acceptors (Lipinski definition) is 4. The molecule has 0 amide bonds. The number of unbranched alkanes of at least 4 members (excludes halogenated alkanes) is 1. The lowest BCUT2D eigenvalue weighted by Gasteiger charge is -1.99. The van der Waals surface area contributed by atoms with Crippen molar-refractivity contribution in [3.8, 4) is 0 Å². The summed E-state index contributed by atoms with van der Waals surface area (Å²) in [4.78, 5) is 0. The van der Waals surface area contributed by atoms with Crippen molar-refractivity contribution >= 4 is 0 Å². The van der Waals surface area contributed by atoms with Gasteiger partial charge in [-0.1, -0.05) is 5.16 Å². The van der Waals surface area contributed by atoms with Gasteiger partial charge in [0, 0.05) is 6.07 Å². The van der Waals surface area contributed by atoms with Gasteiger partial charge in [0.15, 0.2) is 5.76 Å². The molecular weight excluding hydrogens is 166 g/mol. The van der Waals surface area contributed by atoms with Gasteiger partial charge in [-0.2, -0.15) is 0 Å². The van der Waals surface area contributed by atoms with Crippen LogP contribution in [0.3, 0.4) is 0 Å². The summed E-state index contributed by atoms with van der Waals surface area (Å²) in [5.74, 6) is 0.894. The lowest BCUT2D eigenvalue weighted by molar-refractivity contribution is 0.369. The molecule has 4 heteroatoms.